The van der Waals surface area contributed by atoms with Gasteiger partial charge in [-0.2, -0.15) is 0 Å². The molecule has 0 aromatic carbocycles. The highest BCUT2D eigenvalue weighted by Crippen LogP contribution is 2.20. The number of hydrogen-bond donors (Lipinski definition) is 25. The maximum Gasteiger partial charge on any atom is 0.243 e. The molecule has 0 saturated carbocycles. The van der Waals surface area contributed by atoms with E-state index in [9.17, 15) is 81.5 Å². The third kappa shape index (κ3) is 58.0. The van der Waals surface area contributed by atoms with Gasteiger partial charge in [-0.15, -0.1) is 0 Å². The fraction of sp³-hybridized carbons (Fsp3) is 0.825. The smallest absolute Gasteiger partial charge is 0.243 e. The van der Waals surface area contributed by atoms with E-state index in [-0.39, 0.29) is 163 Å². The van der Waals surface area contributed by atoms with Crippen LogP contribution in [0.25, 0.3) is 0 Å². The molecule has 0 spiro atoms. The van der Waals surface area contributed by atoms with Crippen molar-refractivity contribution in [3.63, 3.8) is 0 Å². The molecule has 15 atom stereocenters. The second-order valence-electron chi connectivity index (χ2n) is 40.8. The molecule has 0 aliphatic carbocycles. The summed E-state index contributed by atoms with van der Waals surface area (Å²) in [5.74, 6) is -8.52. The fourth-order valence-corrected chi connectivity index (χ4v) is 15.7. The third-order valence-corrected chi connectivity index (χ3v) is 23.2. The summed E-state index contributed by atoms with van der Waals surface area (Å²) in [5.41, 5.74) is 43.5. The van der Waals surface area contributed by atoms with Crippen molar-refractivity contribution in [2.24, 2.45) is 99.2 Å². The molecule has 0 aromatic rings. The first-order valence-corrected chi connectivity index (χ1v) is 51.3. The molecule has 0 bridgehead atoms. The lowest BCUT2D eigenvalue weighted by molar-refractivity contribution is -0.137. The van der Waals surface area contributed by atoms with Gasteiger partial charge in [0.15, 0.2) is 0 Å². The van der Waals surface area contributed by atoms with Gasteiger partial charge in [0.2, 0.25) is 100 Å². The van der Waals surface area contributed by atoms with Gasteiger partial charge in [-0.1, -0.05) is 131 Å². The Morgan fingerprint density at radius 3 is 0.640 bits per heavy atom. The first kappa shape index (κ1) is 130. The minimum Gasteiger partial charge on any atom is -0.355 e. The van der Waals surface area contributed by atoms with Crippen molar-refractivity contribution in [2.45, 2.75) is 408 Å². The standard InChI is InChI=1S/C97H187N25O17/c1-57(2)48-66(104)83(125)108-68(35-22-28-42-99)85(127)110-69(36-23-29-43-100)86(128)115-77(53-62(11)12)94(136)117-74(50-59(5)6)91(133)112-71(38-25-31-45-102)88(130)116-78(54-63(13)14)95(137)118-76(52-61(9)10)93(135)113-72(39-26-32-46-103)89(131)121-82(65(17)18)97(139)120-79(55-64(15)16)96(138)119-75(51-60(7)8)92(134)111-70(37-24-30-44-101)87(129)114-73(49-58(3)4)90(132)109-67(34-21-27-41-98)84(126)107-56-81(124)106-47-33-19-20-40-80(123)122-105/h57-79,82H,19-56,98-105H2,1-18H3,(H,106,124)(H,107,126)(H,108,125)(H,109,132)(H,110,127)(H,111,134)(H,112,133)(H,113,135)(H,114,129)(H,115,128)(H,116,130)(H,117,136)(H,118,137)(H,119,138)(H,120,139)(H,121,131)(H,122,123)/t66-,67-,68-,69-,70-,71-,72-,73-,74-,75-,76-,77-,78-,79-,82-/m0/s1. The first-order chi connectivity index (χ1) is 65.5. The predicted octanol–water partition coefficient (Wildman–Crippen LogP) is 0.682. The van der Waals surface area contributed by atoms with Gasteiger partial charge in [0, 0.05) is 13.0 Å². The molecule has 0 heterocycles. The van der Waals surface area contributed by atoms with Crippen LogP contribution in [0.4, 0.5) is 0 Å². The molecule has 0 aliphatic rings. The van der Waals surface area contributed by atoms with Crippen LogP contribution < -0.4 is 136 Å². The number of hydrazine groups is 1. The number of unbranched alkanes of at least 4 members (excludes halogenated alkanes) is 8. The second kappa shape index (κ2) is 73.7. The molecule has 42 heteroatoms. The zero-order valence-electron chi connectivity index (χ0n) is 87.3. The van der Waals surface area contributed by atoms with E-state index in [2.05, 4.69) is 90.5 Å². The second-order valence-corrected chi connectivity index (χ2v) is 40.8. The molecule has 42 nitrogen and oxygen atoms in total. The minimum absolute atomic E-state index is 0.0174. The molecule has 0 unspecified atom stereocenters. The van der Waals surface area contributed by atoms with Gasteiger partial charge in [0.1, 0.15) is 84.6 Å². The van der Waals surface area contributed by atoms with Crippen LogP contribution in [0.1, 0.15) is 317 Å². The highest BCUT2D eigenvalue weighted by Gasteiger charge is 2.40. The Hall–Kier alpha value is -9.33. The van der Waals surface area contributed by atoms with Crippen LogP contribution >= 0.6 is 0 Å². The Labute approximate surface area is 828 Å². The molecule has 0 rings (SSSR count). The molecular weight excluding hydrogens is 1790 g/mol. The Morgan fingerprint density at radius 1 is 0.209 bits per heavy atom. The van der Waals surface area contributed by atoms with E-state index in [1.807, 2.05) is 111 Å². The third-order valence-electron chi connectivity index (χ3n) is 23.2. The maximum atomic E-state index is 14.9. The van der Waals surface area contributed by atoms with E-state index in [1.165, 1.54) is 0 Å². The maximum absolute atomic E-state index is 14.9. The van der Waals surface area contributed by atoms with E-state index in [4.69, 9.17) is 46.0 Å². The molecule has 0 aliphatic heterocycles. The zero-order chi connectivity index (χ0) is 106. The van der Waals surface area contributed by atoms with Gasteiger partial charge in [-0.25, -0.2) is 5.84 Å². The minimum atomic E-state index is -1.34. The number of carbonyl (C=O) groups excluding carboxylic acids is 17. The average Bonchev–Trinajstić information content (AvgIpc) is 0.848. The molecule has 0 fully saturated rings. The van der Waals surface area contributed by atoms with Crippen LogP contribution in [-0.4, -0.2) is 243 Å². The fourth-order valence-electron chi connectivity index (χ4n) is 15.7. The predicted molar refractivity (Wildman–Crippen MR) is 540 cm³/mol. The number of nitrogens with two attached hydrogens (primary N) is 8. The number of amides is 17. The molecule has 802 valence electrons. The van der Waals surface area contributed by atoms with Crippen molar-refractivity contribution in [1.82, 2.24) is 90.5 Å². The summed E-state index contributed by atoms with van der Waals surface area (Å²) in [7, 11) is 0. The van der Waals surface area contributed by atoms with Crippen molar-refractivity contribution in [3.8, 4) is 0 Å². The lowest BCUT2D eigenvalue weighted by atomic mass is 9.97. The molecule has 33 N–H and O–H groups in total. The van der Waals surface area contributed by atoms with Crippen molar-refractivity contribution in [3.05, 3.63) is 0 Å². The van der Waals surface area contributed by atoms with Gasteiger partial charge in [-0.05, 0) is 272 Å². The van der Waals surface area contributed by atoms with Gasteiger partial charge in [0.05, 0.1) is 12.6 Å². The van der Waals surface area contributed by atoms with Crippen molar-refractivity contribution < 1.29 is 81.5 Å². The van der Waals surface area contributed by atoms with Crippen LogP contribution in [0.3, 0.4) is 0 Å². The summed E-state index contributed by atoms with van der Waals surface area (Å²) in [6.07, 6.45) is 8.66. The summed E-state index contributed by atoms with van der Waals surface area (Å²) >= 11 is 0. The van der Waals surface area contributed by atoms with E-state index >= 15 is 0 Å². The van der Waals surface area contributed by atoms with Crippen LogP contribution in [0.15, 0.2) is 0 Å². The average molecular weight is 1980 g/mol. The number of nitrogens with one attached hydrogen (secondary N) is 17. The SMILES string of the molecule is CC(C)C[C@H](NC(=O)[C@H](CCCCN)NC(=O)[C@H](CC(C)C)NC(=O)[C@H](CC(C)C)NC(=O)[C@@H](NC(=O)[C@H](CCCCN)NC(=O)[C@H](CC(C)C)NC(=O)[C@H](CC(C)C)NC(=O)[C@H](CCCCN)NC(=O)[C@H](CC(C)C)NC(=O)[C@H](CC(C)C)NC(=O)[C@H](CCCCN)NC(=O)[C@H](CCCCN)NC(=O)[C@@H](N)CC(C)C)C(C)C)C(=O)N[C@@H](CCCCN)C(=O)NCC(=O)NCCCCCC(=O)NN. The lowest BCUT2D eigenvalue weighted by Crippen LogP contribution is -2.61. The number of hydrogen-bond acceptors (Lipinski definition) is 25. The molecule has 139 heavy (non-hydrogen) atoms. The molecule has 0 aromatic heterocycles. The molecular formula is C97H187N25O17. The van der Waals surface area contributed by atoms with Gasteiger partial charge in [-0.3, -0.25) is 86.9 Å². The summed E-state index contributed by atoms with van der Waals surface area (Å²) in [6, 6.07) is -18.5. The summed E-state index contributed by atoms with van der Waals surface area (Å²) in [4.78, 5) is 242. The van der Waals surface area contributed by atoms with Crippen molar-refractivity contribution in [1.29, 1.82) is 0 Å². The topological polar surface area (TPSA) is 703 Å². The van der Waals surface area contributed by atoms with Crippen molar-refractivity contribution in [2.75, 3.05) is 52.4 Å². The van der Waals surface area contributed by atoms with Gasteiger partial charge < -0.3 is 125 Å². The normalized spacial score (nSPS) is 14.8. The number of carbonyl (C=O) groups is 17. The molecule has 0 saturated heterocycles. The highest BCUT2D eigenvalue weighted by atomic mass is 16.2. The first-order valence-electron chi connectivity index (χ1n) is 51.3. The Bertz CT molecular complexity index is 3670. The highest BCUT2D eigenvalue weighted by molar-refractivity contribution is 6.01. The molecule has 17 amide bonds. The Balaban J connectivity index is 7.32. The van der Waals surface area contributed by atoms with Crippen LogP contribution in [-0.2, 0) is 81.5 Å². The Kier molecular flexibility index (Phi) is 68.8. The Morgan fingerprint density at radius 2 is 0.417 bits per heavy atom. The van der Waals surface area contributed by atoms with Crippen LogP contribution in [0.2, 0.25) is 0 Å². The monoisotopic (exact) mass is 1970 g/mol. The quantitative estimate of drug-likeness (QED) is 0.0172. The van der Waals surface area contributed by atoms with E-state index in [0.717, 1.165) is 0 Å². The summed E-state index contributed by atoms with van der Waals surface area (Å²) < 4.78 is 0. The van der Waals surface area contributed by atoms with Crippen LogP contribution in [0, 0.1) is 53.3 Å². The number of rotatable bonds is 78. The zero-order valence-corrected chi connectivity index (χ0v) is 87.3. The van der Waals surface area contributed by atoms with Gasteiger partial charge in [0.25, 0.3) is 0 Å². The van der Waals surface area contributed by atoms with E-state index < -0.39 is 198 Å². The van der Waals surface area contributed by atoms with Crippen molar-refractivity contribution >= 4 is 100 Å². The van der Waals surface area contributed by atoms with E-state index in [1.54, 1.807) is 13.8 Å². The summed E-state index contributed by atoms with van der Waals surface area (Å²) in [5, 5.41) is 44.8. The molecule has 0 radical (unpaired) electrons. The lowest BCUT2D eigenvalue weighted by Gasteiger charge is -2.30. The van der Waals surface area contributed by atoms with Gasteiger partial charge >= 0.3 is 0 Å². The van der Waals surface area contributed by atoms with Crippen LogP contribution in [0.5, 0.6) is 0 Å². The summed E-state index contributed by atoms with van der Waals surface area (Å²) in [6.45, 7) is 34.3. The largest absolute Gasteiger partial charge is 0.355 e. The van der Waals surface area contributed by atoms with E-state index in [0.29, 0.717) is 129 Å².